The van der Waals surface area contributed by atoms with E-state index in [0.717, 1.165) is 19.4 Å². The number of hydrogen-bond donors (Lipinski definition) is 0. The van der Waals surface area contributed by atoms with Crippen LogP contribution < -0.4 is 0 Å². The van der Waals surface area contributed by atoms with Crippen molar-refractivity contribution < 1.29 is 25.2 Å². The molecule has 0 fully saturated rings. The molecule has 0 amide bonds. The summed E-state index contributed by atoms with van der Waals surface area (Å²) in [5, 5.41) is 0. The summed E-state index contributed by atoms with van der Waals surface area (Å²) in [6.45, 7) is 0.844. The molecule has 0 spiro atoms. The van der Waals surface area contributed by atoms with Crippen molar-refractivity contribution in [3.8, 4) is 0 Å². The molecule has 0 bridgehead atoms. The van der Waals surface area contributed by atoms with Gasteiger partial charge in [-0.3, -0.25) is 0 Å². The van der Waals surface area contributed by atoms with Crippen LogP contribution in [0.1, 0.15) is 12.8 Å². The van der Waals surface area contributed by atoms with E-state index >= 15 is 0 Å². The first-order valence-electron chi connectivity index (χ1n) is 3.43. The van der Waals surface area contributed by atoms with E-state index in [0.29, 0.717) is 0 Å². The summed E-state index contributed by atoms with van der Waals surface area (Å²) in [5.74, 6) is 0. The van der Waals surface area contributed by atoms with E-state index in [2.05, 4.69) is 32.6 Å². The maximum absolute atomic E-state index is 4.98. The third-order valence-electron chi connectivity index (χ3n) is 1.60. The van der Waals surface area contributed by atoms with Crippen molar-refractivity contribution in [2.75, 3.05) is 13.7 Å². The molecule has 0 aromatic carbocycles. The van der Waals surface area contributed by atoms with Crippen molar-refractivity contribution in [3.05, 3.63) is 21.6 Å². The standard InChI is InChI=1S/C8H11O.Ti/c1-9-7-6-8-4-2-3-5-8;/h2,4H,3,6-7H2,1H3;. The zero-order valence-corrected chi connectivity index (χ0v) is 7.75. The Morgan fingerprint density at radius 1 is 1.70 bits per heavy atom. The molecule has 0 saturated carbocycles. The van der Waals surface area contributed by atoms with Crippen LogP contribution in [0.2, 0.25) is 0 Å². The van der Waals surface area contributed by atoms with Gasteiger partial charge >= 0.3 is 73.3 Å². The Kier molecular flexibility index (Phi) is 3.40. The zero-order chi connectivity index (χ0) is 7.40. The second-order valence-corrected chi connectivity index (χ2v) is 3.30. The molecule has 0 unspecified atom stereocenters. The normalized spacial score (nSPS) is 16.8. The van der Waals surface area contributed by atoms with Gasteiger partial charge in [0.2, 0.25) is 0 Å². The van der Waals surface area contributed by atoms with Gasteiger partial charge in [-0.2, -0.15) is 0 Å². The SMILES string of the molecule is COCCC1=[C]([Ti])CC=C1. The van der Waals surface area contributed by atoms with Gasteiger partial charge in [0.1, 0.15) is 0 Å². The zero-order valence-electron chi connectivity index (χ0n) is 6.18. The molecule has 1 nitrogen and oxygen atoms in total. The summed E-state index contributed by atoms with van der Waals surface area (Å²) < 4.78 is 6.48. The molecule has 0 aliphatic heterocycles. The van der Waals surface area contributed by atoms with Crippen molar-refractivity contribution >= 4 is 0 Å². The minimum atomic E-state index is 0.844. The van der Waals surface area contributed by atoms with Crippen LogP contribution in [0.4, 0.5) is 0 Å². The third-order valence-corrected chi connectivity index (χ3v) is 2.42. The monoisotopic (exact) mass is 171 g/mol. The molecule has 0 saturated heterocycles. The Morgan fingerprint density at radius 3 is 3.00 bits per heavy atom. The van der Waals surface area contributed by atoms with Crippen LogP contribution >= 0.6 is 0 Å². The van der Waals surface area contributed by atoms with Crippen LogP contribution in [0.25, 0.3) is 0 Å². The molecule has 0 atom stereocenters. The van der Waals surface area contributed by atoms with Gasteiger partial charge in [0.05, 0.1) is 0 Å². The Labute approximate surface area is 73.5 Å². The van der Waals surface area contributed by atoms with Gasteiger partial charge in [0.25, 0.3) is 0 Å². The van der Waals surface area contributed by atoms with E-state index < -0.39 is 0 Å². The van der Waals surface area contributed by atoms with Gasteiger partial charge in [0, 0.05) is 0 Å². The predicted octanol–water partition coefficient (Wildman–Crippen LogP) is 1.78. The Hall–Kier alpha value is 0.154. The molecule has 1 aliphatic carbocycles. The summed E-state index contributed by atoms with van der Waals surface area (Å²) in [4.78, 5) is 0. The van der Waals surface area contributed by atoms with Crippen molar-refractivity contribution in [1.29, 1.82) is 0 Å². The van der Waals surface area contributed by atoms with Gasteiger partial charge in [-0.1, -0.05) is 0 Å². The van der Waals surface area contributed by atoms with Gasteiger partial charge < -0.3 is 0 Å². The van der Waals surface area contributed by atoms with Crippen LogP contribution in [-0.2, 0) is 25.2 Å². The number of ether oxygens (including phenoxy) is 1. The molecular weight excluding hydrogens is 160 g/mol. The minimum absolute atomic E-state index is 0.844. The Morgan fingerprint density at radius 2 is 2.50 bits per heavy atom. The molecule has 1 aliphatic rings. The van der Waals surface area contributed by atoms with Crippen LogP contribution in [0.3, 0.4) is 0 Å². The van der Waals surface area contributed by atoms with Crippen LogP contribution in [0, 0.1) is 0 Å². The number of rotatable bonds is 3. The van der Waals surface area contributed by atoms with Crippen molar-refractivity contribution in [2.45, 2.75) is 12.8 Å². The maximum atomic E-state index is 4.98. The Balaban J connectivity index is 2.38. The first kappa shape index (κ1) is 8.25. The summed E-state index contributed by atoms with van der Waals surface area (Å²) in [6.07, 6.45) is 6.62. The van der Waals surface area contributed by atoms with Crippen molar-refractivity contribution in [2.24, 2.45) is 0 Å². The van der Waals surface area contributed by atoms with E-state index in [1.807, 2.05) is 0 Å². The van der Waals surface area contributed by atoms with Gasteiger partial charge in [-0.25, -0.2) is 0 Å². The molecule has 0 N–H and O–H groups in total. The van der Waals surface area contributed by atoms with E-state index in [9.17, 15) is 0 Å². The number of hydrogen-bond acceptors (Lipinski definition) is 1. The molecule has 0 aromatic rings. The fourth-order valence-corrected chi connectivity index (χ4v) is 1.51. The van der Waals surface area contributed by atoms with Crippen molar-refractivity contribution in [1.82, 2.24) is 0 Å². The summed E-state index contributed by atoms with van der Waals surface area (Å²) in [7, 11) is 1.74. The van der Waals surface area contributed by atoms with Gasteiger partial charge in [-0.15, -0.1) is 0 Å². The summed E-state index contributed by atoms with van der Waals surface area (Å²) in [5.41, 5.74) is 1.46. The second kappa shape index (κ2) is 4.12. The number of methoxy groups -OCH3 is 1. The summed E-state index contributed by atoms with van der Waals surface area (Å²) >= 11 is 2.19. The number of allylic oxidation sites excluding steroid dienone is 3. The molecule has 53 valence electrons. The van der Waals surface area contributed by atoms with Gasteiger partial charge in [0.15, 0.2) is 0 Å². The van der Waals surface area contributed by atoms with Crippen LogP contribution in [-0.4, -0.2) is 13.7 Å². The average molecular weight is 171 g/mol. The topological polar surface area (TPSA) is 9.23 Å². The Bertz CT molecular complexity index is 170. The molecule has 0 aromatic heterocycles. The van der Waals surface area contributed by atoms with E-state index in [-0.39, 0.29) is 0 Å². The molecule has 0 heterocycles. The quantitative estimate of drug-likeness (QED) is 0.588. The third kappa shape index (κ3) is 2.08. The second-order valence-electron chi connectivity index (χ2n) is 2.35. The van der Waals surface area contributed by atoms with Crippen molar-refractivity contribution in [3.63, 3.8) is 0 Å². The molecule has 2 heteroatoms. The van der Waals surface area contributed by atoms with E-state index in [1.54, 1.807) is 7.11 Å². The van der Waals surface area contributed by atoms with Crippen LogP contribution in [0.15, 0.2) is 21.6 Å². The average Bonchev–Trinajstić information content (AvgIpc) is 2.31. The molecule has 1 rings (SSSR count). The predicted molar refractivity (Wildman–Crippen MR) is 37.3 cm³/mol. The fraction of sp³-hybridized carbons (Fsp3) is 0.500. The molecule has 10 heavy (non-hydrogen) atoms. The first-order chi connectivity index (χ1) is 4.84. The molecular formula is C8H11OTi. The van der Waals surface area contributed by atoms with Crippen LogP contribution in [0.5, 0.6) is 0 Å². The summed E-state index contributed by atoms with van der Waals surface area (Å²) in [6, 6.07) is 0. The first-order valence-corrected chi connectivity index (χ1v) is 4.22. The fourth-order valence-electron chi connectivity index (χ4n) is 0.997. The van der Waals surface area contributed by atoms with E-state index in [4.69, 9.17) is 4.74 Å². The van der Waals surface area contributed by atoms with E-state index in [1.165, 1.54) is 9.45 Å². The molecule has 0 radical (unpaired) electrons. The van der Waals surface area contributed by atoms with Gasteiger partial charge in [-0.05, 0) is 0 Å².